The van der Waals surface area contributed by atoms with Crippen LogP contribution in [0.2, 0.25) is 5.02 Å². The number of aryl methyl sites for hydroxylation is 1. The third-order valence-corrected chi connectivity index (χ3v) is 6.98. The number of amides is 1. The molecule has 1 N–H and O–H groups in total. The minimum Gasteiger partial charge on any atom is -0.377 e. The molecule has 1 amide bonds. The lowest BCUT2D eigenvalue weighted by Gasteiger charge is -2.30. The minimum atomic E-state index is -3.63. The van der Waals surface area contributed by atoms with Crippen molar-refractivity contribution in [2.45, 2.75) is 36.7 Å². The number of nitrogens with zero attached hydrogens (tertiary/aromatic N) is 1. The Hall–Kier alpha value is -1.93. The van der Waals surface area contributed by atoms with Crippen molar-refractivity contribution in [3.05, 3.63) is 58.6 Å². The molecule has 0 unspecified atom stereocenters. The number of ether oxygens (including phenoxy) is 1. The largest absolute Gasteiger partial charge is 0.377 e. The van der Waals surface area contributed by atoms with Crippen molar-refractivity contribution in [3.63, 3.8) is 0 Å². The van der Waals surface area contributed by atoms with E-state index in [9.17, 15) is 13.2 Å². The fourth-order valence-electron chi connectivity index (χ4n) is 3.82. The van der Waals surface area contributed by atoms with Gasteiger partial charge >= 0.3 is 0 Å². The van der Waals surface area contributed by atoms with Crippen molar-refractivity contribution in [2.24, 2.45) is 0 Å². The second-order valence-electron chi connectivity index (χ2n) is 7.35. The van der Waals surface area contributed by atoms with Crippen LogP contribution in [0.15, 0.2) is 47.4 Å². The lowest BCUT2D eigenvalue weighted by atomic mass is 10.0. The summed E-state index contributed by atoms with van der Waals surface area (Å²) in [5, 5.41) is 0.506. The number of rotatable bonds is 5. The monoisotopic (exact) mass is 434 g/mol. The first-order valence-corrected chi connectivity index (χ1v) is 11.6. The SMILES string of the molecule is O=C(c1cccc(Cl)c1)N1CCCc2cc(S(=O)(=O)NC[C@@H]3CCCO3)ccc21. The second-order valence-corrected chi connectivity index (χ2v) is 9.55. The Kier molecular flexibility index (Phi) is 5.92. The van der Waals surface area contributed by atoms with E-state index in [-0.39, 0.29) is 23.5 Å². The molecule has 6 nitrogen and oxygen atoms in total. The van der Waals surface area contributed by atoms with E-state index in [1.807, 2.05) is 0 Å². The van der Waals surface area contributed by atoms with Crippen LogP contribution >= 0.6 is 11.6 Å². The number of benzene rings is 2. The number of hydrogen-bond acceptors (Lipinski definition) is 4. The van der Waals surface area contributed by atoms with Crippen LogP contribution in [0.5, 0.6) is 0 Å². The van der Waals surface area contributed by atoms with Crippen LogP contribution < -0.4 is 9.62 Å². The summed E-state index contributed by atoms with van der Waals surface area (Å²) in [7, 11) is -3.63. The number of nitrogens with one attached hydrogen (secondary N) is 1. The third-order valence-electron chi connectivity index (χ3n) is 5.32. The number of hydrogen-bond donors (Lipinski definition) is 1. The summed E-state index contributed by atoms with van der Waals surface area (Å²) in [5.41, 5.74) is 2.12. The van der Waals surface area contributed by atoms with Gasteiger partial charge in [0.15, 0.2) is 0 Å². The first kappa shape index (κ1) is 20.3. The Balaban J connectivity index is 1.55. The number of halogens is 1. The molecule has 2 aromatic rings. The lowest BCUT2D eigenvalue weighted by Crippen LogP contribution is -2.36. The second kappa shape index (κ2) is 8.44. The number of carbonyl (C=O) groups excluding carboxylic acids is 1. The van der Waals surface area contributed by atoms with Crippen molar-refractivity contribution in [2.75, 3.05) is 24.6 Å². The number of carbonyl (C=O) groups is 1. The van der Waals surface area contributed by atoms with Crippen LogP contribution in [0, 0.1) is 0 Å². The van der Waals surface area contributed by atoms with Crippen molar-refractivity contribution in [1.29, 1.82) is 0 Å². The highest BCUT2D eigenvalue weighted by Crippen LogP contribution is 2.31. The fraction of sp³-hybridized carbons (Fsp3) is 0.381. The van der Waals surface area contributed by atoms with E-state index in [4.69, 9.17) is 16.3 Å². The summed E-state index contributed by atoms with van der Waals surface area (Å²) in [6.07, 6.45) is 3.26. The van der Waals surface area contributed by atoms with Crippen molar-refractivity contribution >= 4 is 33.2 Å². The topological polar surface area (TPSA) is 75.7 Å². The number of sulfonamides is 1. The molecule has 2 aliphatic heterocycles. The van der Waals surface area contributed by atoms with Gasteiger partial charge in [0, 0.05) is 36.0 Å². The van der Waals surface area contributed by atoms with E-state index in [2.05, 4.69) is 4.72 Å². The number of anilines is 1. The van der Waals surface area contributed by atoms with Gasteiger partial charge in [-0.15, -0.1) is 0 Å². The van der Waals surface area contributed by atoms with Crippen LogP contribution in [0.4, 0.5) is 5.69 Å². The van der Waals surface area contributed by atoms with Gasteiger partial charge in [0.25, 0.3) is 5.91 Å². The Labute approximate surface area is 175 Å². The van der Waals surface area contributed by atoms with Gasteiger partial charge in [-0.3, -0.25) is 4.79 Å². The zero-order chi connectivity index (χ0) is 20.4. The summed E-state index contributed by atoms with van der Waals surface area (Å²) in [4.78, 5) is 14.9. The van der Waals surface area contributed by atoms with E-state index >= 15 is 0 Å². The van der Waals surface area contributed by atoms with Gasteiger partial charge in [-0.05, 0) is 67.6 Å². The maximum Gasteiger partial charge on any atom is 0.258 e. The van der Waals surface area contributed by atoms with Gasteiger partial charge in [-0.1, -0.05) is 17.7 Å². The Morgan fingerprint density at radius 2 is 2.07 bits per heavy atom. The smallest absolute Gasteiger partial charge is 0.258 e. The molecule has 2 aliphatic rings. The maximum absolute atomic E-state index is 13.0. The summed E-state index contributed by atoms with van der Waals surface area (Å²) in [6.45, 7) is 1.54. The van der Waals surface area contributed by atoms with Crippen molar-refractivity contribution in [3.8, 4) is 0 Å². The highest BCUT2D eigenvalue weighted by molar-refractivity contribution is 7.89. The van der Waals surface area contributed by atoms with E-state index in [0.717, 1.165) is 36.9 Å². The Morgan fingerprint density at radius 1 is 1.21 bits per heavy atom. The molecular formula is C21H23ClN2O4S. The minimum absolute atomic E-state index is 0.0618. The number of fused-ring (bicyclic) bond motifs is 1. The molecule has 1 saturated heterocycles. The highest BCUT2D eigenvalue weighted by Gasteiger charge is 2.26. The lowest BCUT2D eigenvalue weighted by molar-refractivity contribution is 0.0985. The van der Waals surface area contributed by atoms with Crippen LogP contribution in [0.1, 0.15) is 35.2 Å². The van der Waals surface area contributed by atoms with Crippen molar-refractivity contribution in [1.82, 2.24) is 4.72 Å². The van der Waals surface area contributed by atoms with Crippen molar-refractivity contribution < 1.29 is 17.9 Å². The van der Waals surface area contributed by atoms with Gasteiger partial charge < -0.3 is 9.64 Å². The molecule has 8 heteroatoms. The first-order valence-electron chi connectivity index (χ1n) is 9.76. The molecule has 0 radical (unpaired) electrons. The molecule has 0 aromatic heterocycles. The maximum atomic E-state index is 13.0. The zero-order valence-corrected chi connectivity index (χ0v) is 17.5. The Morgan fingerprint density at radius 3 is 2.83 bits per heavy atom. The van der Waals surface area contributed by atoms with E-state index < -0.39 is 10.0 Å². The van der Waals surface area contributed by atoms with E-state index in [0.29, 0.717) is 23.7 Å². The molecular weight excluding hydrogens is 412 g/mol. The summed E-state index contributed by atoms with van der Waals surface area (Å²) in [5.74, 6) is -0.138. The van der Waals surface area contributed by atoms with Crippen LogP contribution in [0.25, 0.3) is 0 Å². The quantitative estimate of drug-likeness (QED) is 0.782. The van der Waals surface area contributed by atoms with E-state index in [1.54, 1.807) is 47.4 Å². The molecule has 1 atom stereocenters. The molecule has 1 fully saturated rings. The first-order chi connectivity index (χ1) is 13.9. The fourth-order valence-corrected chi connectivity index (χ4v) is 5.13. The average Bonchev–Trinajstić information content (AvgIpc) is 3.25. The molecule has 0 aliphatic carbocycles. The zero-order valence-electron chi connectivity index (χ0n) is 15.9. The highest BCUT2D eigenvalue weighted by atomic mass is 35.5. The van der Waals surface area contributed by atoms with Gasteiger partial charge in [-0.2, -0.15) is 0 Å². The molecule has 2 aromatic carbocycles. The molecule has 4 rings (SSSR count). The van der Waals surface area contributed by atoms with Crippen LogP contribution in [0.3, 0.4) is 0 Å². The molecule has 2 heterocycles. The van der Waals surface area contributed by atoms with Crippen LogP contribution in [-0.2, 0) is 21.2 Å². The average molecular weight is 435 g/mol. The Bertz CT molecular complexity index is 1020. The summed E-state index contributed by atoms with van der Waals surface area (Å²) < 4.78 is 33.5. The van der Waals surface area contributed by atoms with Gasteiger partial charge in [0.1, 0.15) is 0 Å². The summed E-state index contributed by atoms with van der Waals surface area (Å²) >= 11 is 6.02. The normalized spacial score (nSPS) is 19.2. The van der Waals surface area contributed by atoms with Crippen LogP contribution in [-0.4, -0.2) is 40.1 Å². The molecule has 29 heavy (non-hydrogen) atoms. The molecule has 0 saturated carbocycles. The molecule has 0 bridgehead atoms. The third kappa shape index (κ3) is 4.48. The predicted molar refractivity (Wildman–Crippen MR) is 112 cm³/mol. The molecule has 154 valence electrons. The molecule has 0 spiro atoms. The van der Waals surface area contributed by atoms with Gasteiger partial charge in [-0.25, -0.2) is 13.1 Å². The standard InChI is InChI=1S/C21H23ClN2O4S/c22-17-6-1-4-16(12-17)21(25)24-10-2-5-15-13-19(8-9-20(15)24)29(26,27)23-14-18-7-3-11-28-18/h1,4,6,8-9,12-13,18,23H,2-3,5,7,10-11,14H2/t18-/m0/s1. The van der Waals surface area contributed by atoms with Gasteiger partial charge in [0.05, 0.1) is 11.0 Å². The predicted octanol–water partition coefficient (Wildman–Crippen LogP) is 3.39. The van der Waals surface area contributed by atoms with Gasteiger partial charge in [0.2, 0.25) is 10.0 Å². The van der Waals surface area contributed by atoms with E-state index in [1.165, 1.54) is 0 Å². The summed E-state index contributed by atoms with van der Waals surface area (Å²) in [6, 6.07) is 11.8.